The van der Waals surface area contributed by atoms with Gasteiger partial charge in [-0.3, -0.25) is 0 Å². The zero-order valence-corrected chi connectivity index (χ0v) is 14.8. The van der Waals surface area contributed by atoms with Crippen molar-refractivity contribution >= 4 is 17.4 Å². The van der Waals surface area contributed by atoms with Crippen molar-refractivity contribution in [2.75, 3.05) is 11.9 Å². The molecule has 3 N–H and O–H groups in total. The molecule has 27 heavy (non-hydrogen) atoms. The molecular formula is C18H19FN4O4. The maximum Gasteiger partial charge on any atom is 0.341 e. The summed E-state index contributed by atoms with van der Waals surface area (Å²) in [7, 11) is 0. The van der Waals surface area contributed by atoms with Gasteiger partial charge in [0.15, 0.2) is 5.65 Å². The molecule has 3 rings (SSSR count). The summed E-state index contributed by atoms with van der Waals surface area (Å²) in [4.78, 5) is 15.5. The first-order chi connectivity index (χ1) is 12.9. The van der Waals surface area contributed by atoms with Crippen LogP contribution in [-0.4, -0.2) is 43.5 Å². The Morgan fingerprint density at radius 1 is 1.37 bits per heavy atom. The normalized spacial score (nSPS) is 13.3. The molecule has 0 amide bonds. The van der Waals surface area contributed by atoms with E-state index in [1.54, 1.807) is 26.1 Å². The highest BCUT2D eigenvalue weighted by Crippen LogP contribution is 2.29. The molecule has 2 atom stereocenters. The molecule has 0 fully saturated rings. The molecule has 0 radical (unpaired) electrons. The molecule has 1 unspecified atom stereocenters. The quantitative estimate of drug-likeness (QED) is 0.583. The molecule has 0 aliphatic heterocycles. The number of fused-ring (bicyclic) bond motifs is 1. The predicted molar refractivity (Wildman–Crippen MR) is 95.6 cm³/mol. The van der Waals surface area contributed by atoms with Crippen LogP contribution in [0, 0.1) is 5.82 Å². The second-order valence-electron chi connectivity index (χ2n) is 6.10. The second-order valence-corrected chi connectivity index (χ2v) is 6.10. The number of aromatic nitrogens is 3. The average Bonchev–Trinajstić information content (AvgIpc) is 3.06. The highest BCUT2D eigenvalue weighted by Gasteiger charge is 2.17. The number of carboxylic acids is 1. The molecule has 0 spiro atoms. The van der Waals surface area contributed by atoms with Gasteiger partial charge in [0.1, 0.15) is 29.1 Å². The lowest BCUT2D eigenvalue weighted by Crippen LogP contribution is -2.18. The summed E-state index contributed by atoms with van der Waals surface area (Å²) in [6, 6.07) is 5.37. The molecule has 9 heteroatoms. The van der Waals surface area contributed by atoms with Crippen LogP contribution in [0.3, 0.4) is 0 Å². The lowest BCUT2D eigenvalue weighted by atomic mass is 10.1. The van der Waals surface area contributed by atoms with E-state index < -0.39 is 23.9 Å². The first kappa shape index (κ1) is 18.6. The van der Waals surface area contributed by atoms with Crippen LogP contribution in [0.25, 0.3) is 5.65 Å². The van der Waals surface area contributed by atoms with Crippen molar-refractivity contribution in [3.8, 4) is 5.75 Å². The van der Waals surface area contributed by atoms with Crippen LogP contribution in [0.5, 0.6) is 5.75 Å². The zero-order chi connectivity index (χ0) is 19.6. The van der Waals surface area contributed by atoms with Gasteiger partial charge in [0, 0.05) is 11.8 Å². The standard InChI is InChI=1S/C18H19FN4O4/c1-10(9-24)27-15-4-3-12(19)7-13(15)11(2)21-16-5-6-23-17(22-16)14(8-20-23)18(25)26/h3-8,10-11,24H,9H2,1-2H3,(H,21,22)(H,25,26)/t10-,11?/m0/s1. The molecule has 0 aliphatic carbocycles. The van der Waals surface area contributed by atoms with Crippen LogP contribution >= 0.6 is 0 Å². The van der Waals surface area contributed by atoms with E-state index in [1.165, 1.54) is 28.9 Å². The molecular weight excluding hydrogens is 355 g/mol. The number of carbonyl (C=O) groups is 1. The predicted octanol–water partition coefficient (Wildman–Crippen LogP) is 2.50. The number of hydrogen-bond acceptors (Lipinski definition) is 6. The Hall–Kier alpha value is -3.20. The third kappa shape index (κ3) is 3.98. The maximum absolute atomic E-state index is 13.7. The van der Waals surface area contributed by atoms with Crippen LogP contribution in [-0.2, 0) is 0 Å². The smallest absolute Gasteiger partial charge is 0.341 e. The number of rotatable bonds is 7. The highest BCUT2D eigenvalue weighted by molar-refractivity contribution is 5.94. The molecule has 2 aromatic heterocycles. The lowest BCUT2D eigenvalue weighted by Gasteiger charge is -2.21. The Morgan fingerprint density at radius 2 is 2.15 bits per heavy atom. The Labute approximate surface area is 154 Å². The third-order valence-electron chi connectivity index (χ3n) is 3.99. The summed E-state index contributed by atoms with van der Waals surface area (Å²) in [5.41, 5.74) is 0.728. The van der Waals surface area contributed by atoms with Crippen LogP contribution in [0.2, 0.25) is 0 Å². The van der Waals surface area contributed by atoms with Gasteiger partial charge in [0.25, 0.3) is 0 Å². The Morgan fingerprint density at radius 3 is 2.85 bits per heavy atom. The number of carboxylic acid groups (broad SMARTS) is 1. The third-order valence-corrected chi connectivity index (χ3v) is 3.99. The minimum Gasteiger partial charge on any atom is -0.488 e. The zero-order valence-electron chi connectivity index (χ0n) is 14.8. The SMILES string of the molecule is CC(Nc1ccn2ncc(C(=O)O)c2n1)c1cc(F)ccc1O[C@@H](C)CO. The van der Waals surface area contributed by atoms with E-state index in [1.807, 2.05) is 0 Å². The lowest BCUT2D eigenvalue weighted by molar-refractivity contribution is 0.0698. The molecule has 142 valence electrons. The van der Waals surface area contributed by atoms with E-state index in [-0.39, 0.29) is 17.8 Å². The Balaban J connectivity index is 1.90. The number of anilines is 1. The van der Waals surface area contributed by atoms with Gasteiger partial charge >= 0.3 is 5.97 Å². The van der Waals surface area contributed by atoms with E-state index in [2.05, 4.69) is 15.4 Å². The Kier molecular flexibility index (Phi) is 5.22. The fourth-order valence-corrected chi connectivity index (χ4v) is 2.62. The van der Waals surface area contributed by atoms with Crippen molar-refractivity contribution in [2.24, 2.45) is 0 Å². The van der Waals surface area contributed by atoms with Crippen molar-refractivity contribution in [2.45, 2.75) is 26.0 Å². The summed E-state index contributed by atoms with van der Waals surface area (Å²) in [6.07, 6.45) is 2.37. The number of aliphatic hydroxyl groups excluding tert-OH is 1. The van der Waals surface area contributed by atoms with Gasteiger partial charge in [-0.15, -0.1) is 0 Å². The van der Waals surface area contributed by atoms with Crippen LogP contribution in [0.4, 0.5) is 10.2 Å². The molecule has 8 nitrogen and oxygen atoms in total. The van der Waals surface area contributed by atoms with Crippen LogP contribution in [0.1, 0.15) is 35.8 Å². The summed E-state index contributed by atoms with van der Waals surface area (Å²) in [6.45, 7) is 3.33. The van der Waals surface area contributed by atoms with Gasteiger partial charge in [0.2, 0.25) is 0 Å². The van der Waals surface area contributed by atoms with Crippen molar-refractivity contribution in [1.82, 2.24) is 14.6 Å². The van der Waals surface area contributed by atoms with Gasteiger partial charge in [-0.2, -0.15) is 5.10 Å². The molecule has 3 aromatic rings. The second kappa shape index (κ2) is 7.58. The fraction of sp³-hybridized carbons (Fsp3) is 0.278. The maximum atomic E-state index is 13.7. The van der Waals surface area contributed by atoms with Gasteiger partial charge in [0.05, 0.1) is 18.8 Å². The van der Waals surface area contributed by atoms with E-state index >= 15 is 0 Å². The minimum atomic E-state index is -1.12. The summed E-state index contributed by atoms with van der Waals surface area (Å²) < 4.78 is 20.8. The number of nitrogens with one attached hydrogen (secondary N) is 1. The minimum absolute atomic E-state index is 0.0159. The largest absolute Gasteiger partial charge is 0.488 e. The number of nitrogens with zero attached hydrogens (tertiary/aromatic N) is 3. The summed E-state index contributed by atoms with van der Waals surface area (Å²) >= 11 is 0. The first-order valence-electron chi connectivity index (χ1n) is 8.30. The number of benzene rings is 1. The Bertz CT molecular complexity index is 975. The molecule has 0 aliphatic rings. The average molecular weight is 374 g/mol. The number of aliphatic hydroxyl groups is 1. The first-order valence-corrected chi connectivity index (χ1v) is 8.30. The van der Waals surface area contributed by atoms with Crippen molar-refractivity contribution in [3.05, 3.63) is 53.6 Å². The van der Waals surface area contributed by atoms with Crippen molar-refractivity contribution < 1.29 is 24.1 Å². The monoisotopic (exact) mass is 374 g/mol. The molecule has 0 bridgehead atoms. The topological polar surface area (TPSA) is 109 Å². The van der Waals surface area contributed by atoms with Gasteiger partial charge in [-0.05, 0) is 38.1 Å². The van der Waals surface area contributed by atoms with E-state index in [0.717, 1.165) is 0 Å². The molecule has 0 saturated carbocycles. The molecule has 1 aromatic carbocycles. The van der Waals surface area contributed by atoms with E-state index in [9.17, 15) is 19.4 Å². The van der Waals surface area contributed by atoms with Gasteiger partial charge in [-0.1, -0.05) is 0 Å². The van der Waals surface area contributed by atoms with Gasteiger partial charge in [-0.25, -0.2) is 18.7 Å². The molecule has 2 heterocycles. The van der Waals surface area contributed by atoms with Crippen molar-refractivity contribution in [3.63, 3.8) is 0 Å². The van der Waals surface area contributed by atoms with Crippen LogP contribution in [0.15, 0.2) is 36.7 Å². The van der Waals surface area contributed by atoms with E-state index in [4.69, 9.17) is 4.74 Å². The summed E-state index contributed by atoms with van der Waals surface area (Å²) in [5, 5.41) is 25.4. The number of hydrogen-bond donors (Lipinski definition) is 3. The number of aromatic carboxylic acids is 1. The van der Waals surface area contributed by atoms with Crippen molar-refractivity contribution in [1.29, 1.82) is 0 Å². The summed E-state index contributed by atoms with van der Waals surface area (Å²) in [5.74, 6) is -0.699. The van der Waals surface area contributed by atoms with E-state index in [0.29, 0.717) is 17.1 Å². The molecule has 0 saturated heterocycles. The fourth-order valence-electron chi connectivity index (χ4n) is 2.62. The van der Waals surface area contributed by atoms with Gasteiger partial charge < -0.3 is 20.3 Å². The highest BCUT2D eigenvalue weighted by atomic mass is 19.1. The number of ether oxygens (including phenoxy) is 1. The number of halogens is 1. The van der Waals surface area contributed by atoms with Crippen LogP contribution < -0.4 is 10.1 Å².